The maximum Gasteiger partial charge on any atom is 0.471 e. The largest absolute Gasteiger partial charge is 0.481 e. The lowest BCUT2D eigenvalue weighted by Gasteiger charge is -2.43. The number of halogens is 3. The molecule has 1 saturated heterocycles. The number of hydrogen-bond donors (Lipinski definition) is 1. The first-order valence-electron chi connectivity index (χ1n) is 6.85. The number of aliphatic carboxylic acids is 1. The van der Waals surface area contributed by atoms with Gasteiger partial charge in [0.15, 0.2) is 0 Å². The molecule has 0 radical (unpaired) electrons. The summed E-state index contributed by atoms with van der Waals surface area (Å²) < 4.78 is 37.2. The number of hydrogen-bond acceptors (Lipinski definition) is 2. The van der Waals surface area contributed by atoms with Crippen LogP contribution in [-0.4, -0.2) is 41.1 Å². The van der Waals surface area contributed by atoms with E-state index in [0.717, 1.165) is 17.7 Å². The lowest BCUT2D eigenvalue weighted by molar-refractivity contribution is -0.188. The average Bonchev–Trinajstić information content (AvgIpc) is 2.35. The molecular weight excluding hydrogens is 275 g/mol. The van der Waals surface area contributed by atoms with E-state index in [1.165, 1.54) is 0 Å². The Balaban J connectivity index is 1.91. The van der Waals surface area contributed by atoms with Crippen molar-refractivity contribution in [3.8, 4) is 0 Å². The number of carboxylic acid groups (broad SMARTS) is 1. The lowest BCUT2D eigenvalue weighted by Crippen LogP contribution is -2.50. The highest BCUT2D eigenvalue weighted by atomic mass is 19.4. The molecule has 1 amide bonds. The first-order chi connectivity index (χ1) is 9.27. The number of nitrogens with zero attached hydrogens (tertiary/aromatic N) is 1. The summed E-state index contributed by atoms with van der Waals surface area (Å²) in [6.45, 7) is 0.280. The van der Waals surface area contributed by atoms with Crippen LogP contribution in [0.25, 0.3) is 0 Å². The Labute approximate surface area is 114 Å². The number of alkyl halides is 3. The third-order valence-corrected chi connectivity index (χ3v) is 4.47. The minimum Gasteiger partial charge on any atom is -0.481 e. The third kappa shape index (κ3) is 3.43. The molecule has 0 aromatic carbocycles. The van der Waals surface area contributed by atoms with Gasteiger partial charge >= 0.3 is 18.1 Å². The van der Waals surface area contributed by atoms with Crippen molar-refractivity contribution in [3.63, 3.8) is 0 Å². The van der Waals surface area contributed by atoms with Crippen LogP contribution >= 0.6 is 0 Å². The molecule has 7 heteroatoms. The van der Waals surface area contributed by atoms with E-state index < -0.39 is 18.1 Å². The highest BCUT2D eigenvalue weighted by molar-refractivity contribution is 5.81. The Kier molecular flexibility index (Phi) is 4.25. The molecule has 1 N–H and O–H groups in total. The Morgan fingerprint density at radius 1 is 1.15 bits per heavy atom. The smallest absolute Gasteiger partial charge is 0.471 e. The predicted molar refractivity (Wildman–Crippen MR) is 63.8 cm³/mol. The quantitative estimate of drug-likeness (QED) is 0.850. The molecule has 2 aliphatic rings. The topological polar surface area (TPSA) is 57.6 Å². The number of fused-ring (bicyclic) bond motifs is 1. The molecule has 20 heavy (non-hydrogen) atoms. The molecule has 4 nitrogen and oxygen atoms in total. The van der Waals surface area contributed by atoms with Crippen molar-refractivity contribution in [2.45, 2.75) is 38.3 Å². The van der Waals surface area contributed by atoms with Crippen LogP contribution in [0.4, 0.5) is 13.2 Å². The molecule has 1 aliphatic carbocycles. The molecule has 0 aromatic rings. The van der Waals surface area contributed by atoms with Gasteiger partial charge in [-0.1, -0.05) is 0 Å². The fourth-order valence-corrected chi connectivity index (χ4v) is 3.51. The maximum atomic E-state index is 12.4. The van der Waals surface area contributed by atoms with E-state index in [-0.39, 0.29) is 37.3 Å². The van der Waals surface area contributed by atoms with Crippen LogP contribution in [-0.2, 0) is 9.59 Å². The Hall–Kier alpha value is -1.27. The molecule has 114 valence electrons. The van der Waals surface area contributed by atoms with Gasteiger partial charge in [-0.15, -0.1) is 0 Å². The van der Waals surface area contributed by atoms with Crippen LogP contribution in [0.15, 0.2) is 0 Å². The summed E-state index contributed by atoms with van der Waals surface area (Å²) in [6, 6.07) is 0. The van der Waals surface area contributed by atoms with Crippen LogP contribution in [0.2, 0.25) is 0 Å². The van der Waals surface area contributed by atoms with Gasteiger partial charge in [0.25, 0.3) is 0 Å². The van der Waals surface area contributed by atoms with E-state index in [1.807, 2.05) is 0 Å². The van der Waals surface area contributed by atoms with E-state index in [2.05, 4.69) is 0 Å². The van der Waals surface area contributed by atoms with Crippen molar-refractivity contribution in [2.75, 3.05) is 13.1 Å². The highest BCUT2D eigenvalue weighted by Gasteiger charge is 2.45. The van der Waals surface area contributed by atoms with Crippen LogP contribution < -0.4 is 0 Å². The summed E-state index contributed by atoms with van der Waals surface area (Å²) in [5.74, 6) is -2.11. The number of carbonyl (C=O) groups is 2. The van der Waals surface area contributed by atoms with Gasteiger partial charge in [0.1, 0.15) is 0 Å². The van der Waals surface area contributed by atoms with Gasteiger partial charge in [-0.25, -0.2) is 0 Å². The summed E-state index contributed by atoms with van der Waals surface area (Å²) in [7, 11) is 0. The van der Waals surface area contributed by atoms with E-state index in [0.29, 0.717) is 12.8 Å². The number of likely N-dealkylation sites (tertiary alicyclic amines) is 1. The zero-order chi connectivity index (χ0) is 14.9. The van der Waals surface area contributed by atoms with E-state index in [1.54, 1.807) is 0 Å². The second kappa shape index (κ2) is 5.61. The molecule has 3 unspecified atom stereocenters. The molecular formula is C13H18F3NO3. The summed E-state index contributed by atoms with van der Waals surface area (Å²) in [6.07, 6.45) is -1.93. The van der Waals surface area contributed by atoms with Crippen molar-refractivity contribution < 1.29 is 27.9 Å². The van der Waals surface area contributed by atoms with Gasteiger partial charge in [0.05, 0.1) is 0 Å². The number of piperidine rings is 1. The van der Waals surface area contributed by atoms with Gasteiger partial charge in [0, 0.05) is 19.5 Å². The molecule has 0 aromatic heterocycles. The van der Waals surface area contributed by atoms with Gasteiger partial charge in [0.2, 0.25) is 0 Å². The lowest BCUT2D eigenvalue weighted by atomic mass is 9.70. The molecule has 1 aliphatic heterocycles. The van der Waals surface area contributed by atoms with Crippen LogP contribution in [0.5, 0.6) is 0 Å². The SMILES string of the molecule is O=C(O)CC1CCC2CN(C(=O)C(F)(F)F)CCC2C1. The van der Waals surface area contributed by atoms with E-state index in [9.17, 15) is 22.8 Å². The zero-order valence-electron chi connectivity index (χ0n) is 11.0. The van der Waals surface area contributed by atoms with Crippen LogP contribution in [0.1, 0.15) is 32.1 Å². The first kappa shape index (κ1) is 15.1. The van der Waals surface area contributed by atoms with E-state index in [4.69, 9.17) is 5.11 Å². The highest BCUT2D eigenvalue weighted by Crippen LogP contribution is 2.40. The van der Waals surface area contributed by atoms with Crippen molar-refractivity contribution in [3.05, 3.63) is 0 Å². The summed E-state index contributed by atoms with van der Waals surface area (Å²) in [5.41, 5.74) is 0. The molecule has 1 heterocycles. The second-order valence-corrected chi connectivity index (χ2v) is 5.83. The number of amides is 1. The molecule has 0 bridgehead atoms. The van der Waals surface area contributed by atoms with E-state index >= 15 is 0 Å². The van der Waals surface area contributed by atoms with Gasteiger partial charge in [-0.05, 0) is 43.4 Å². The summed E-state index contributed by atoms with van der Waals surface area (Å²) >= 11 is 0. The Morgan fingerprint density at radius 2 is 1.85 bits per heavy atom. The number of rotatable bonds is 2. The standard InChI is InChI=1S/C13H18F3NO3/c14-13(15,16)12(20)17-4-3-9-5-8(6-11(18)19)1-2-10(9)7-17/h8-10H,1-7H2,(H,18,19). The number of carbonyl (C=O) groups excluding carboxylic acids is 1. The molecule has 2 fully saturated rings. The number of carboxylic acids is 1. The summed E-state index contributed by atoms with van der Waals surface area (Å²) in [4.78, 5) is 22.8. The maximum absolute atomic E-state index is 12.4. The van der Waals surface area contributed by atoms with Crippen molar-refractivity contribution in [2.24, 2.45) is 17.8 Å². The summed E-state index contributed by atoms with van der Waals surface area (Å²) in [5, 5.41) is 8.79. The Morgan fingerprint density at radius 3 is 2.45 bits per heavy atom. The average molecular weight is 293 g/mol. The zero-order valence-corrected chi connectivity index (χ0v) is 11.0. The normalized spacial score (nSPS) is 30.8. The molecule has 0 spiro atoms. The fraction of sp³-hybridized carbons (Fsp3) is 0.846. The van der Waals surface area contributed by atoms with Crippen LogP contribution in [0, 0.1) is 17.8 Å². The van der Waals surface area contributed by atoms with Gasteiger partial charge in [-0.3, -0.25) is 9.59 Å². The first-order valence-corrected chi connectivity index (χ1v) is 6.85. The van der Waals surface area contributed by atoms with Gasteiger partial charge in [-0.2, -0.15) is 13.2 Å². The fourth-order valence-electron chi connectivity index (χ4n) is 3.51. The van der Waals surface area contributed by atoms with Crippen molar-refractivity contribution in [1.82, 2.24) is 4.90 Å². The molecule has 1 saturated carbocycles. The Bertz CT molecular complexity index is 397. The monoisotopic (exact) mass is 293 g/mol. The van der Waals surface area contributed by atoms with Crippen molar-refractivity contribution in [1.29, 1.82) is 0 Å². The second-order valence-electron chi connectivity index (χ2n) is 5.83. The minimum absolute atomic E-state index is 0.0834. The van der Waals surface area contributed by atoms with Gasteiger partial charge < -0.3 is 10.0 Å². The molecule has 3 atom stereocenters. The molecule has 2 rings (SSSR count). The third-order valence-electron chi connectivity index (χ3n) is 4.47. The van der Waals surface area contributed by atoms with Crippen molar-refractivity contribution >= 4 is 11.9 Å². The van der Waals surface area contributed by atoms with Crippen LogP contribution in [0.3, 0.4) is 0 Å². The predicted octanol–water partition coefficient (Wildman–Crippen LogP) is 2.29. The minimum atomic E-state index is -4.80.